The smallest absolute Gasteiger partial charge is 0.156 e. The molecule has 0 aliphatic heterocycles. The molecule has 1 aromatic carbocycles. The maximum atomic E-state index is 11.2. The summed E-state index contributed by atoms with van der Waals surface area (Å²) in [4.78, 5) is 11.2. The number of rotatable bonds is 3. The first kappa shape index (κ1) is 10.7. The third-order valence-electron chi connectivity index (χ3n) is 2.77. The van der Waals surface area contributed by atoms with Crippen LogP contribution in [0.5, 0.6) is 5.75 Å². The lowest BCUT2D eigenvalue weighted by Crippen LogP contribution is -1.95. The van der Waals surface area contributed by atoms with Gasteiger partial charge in [-0.05, 0) is 24.1 Å². The zero-order chi connectivity index (χ0) is 11.5. The summed E-state index contributed by atoms with van der Waals surface area (Å²) < 4.78 is 5.30. The molecule has 2 heteroatoms. The molecule has 16 heavy (non-hydrogen) atoms. The second-order valence-electron chi connectivity index (χ2n) is 3.82. The van der Waals surface area contributed by atoms with Crippen molar-refractivity contribution in [1.29, 1.82) is 0 Å². The predicted octanol–water partition coefficient (Wildman–Crippen LogP) is 3.00. The van der Waals surface area contributed by atoms with Gasteiger partial charge in [0.25, 0.3) is 0 Å². The van der Waals surface area contributed by atoms with Gasteiger partial charge in [0.05, 0.1) is 7.11 Å². The van der Waals surface area contributed by atoms with E-state index in [2.05, 4.69) is 0 Å². The molecule has 1 aliphatic carbocycles. The Kier molecular flexibility index (Phi) is 2.91. The van der Waals surface area contributed by atoms with Crippen molar-refractivity contribution < 1.29 is 9.53 Å². The summed E-state index contributed by atoms with van der Waals surface area (Å²) in [6.45, 7) is 1.60. The molecule has 2 nitrogen and oxygen atoms in total. The summed E-state index contributed by atoms with van der Waals surface area (Å²) in [5, 5.41) is 0. The van der Waals surface area contributed by atoms with E-state index in [-0.39, 0.29) is 5.78 Å². The maximum absolute atomic E-state index is 11.2. The van der Waals surface area contributed by atoms with Crippen molar-refractivity contribution in [1.82, 2.24) is 0 Å². The number of allylic oxidation sites excluding steroid dienone is 4. The molecule has 0 unspecified atom stereocenters. The third kappa shape index (κ3) is 1.91. The van der Waals surface area contributed by atoms with Crippen molar-refractivity contribution in [3.05, 3.63) is 47.6 Å². The fourth-order valence-corrected chi connectivity index (χ4v) is 1.86. The molecule has 1 aromatic rings. The van der Waals surface area contributed by atoms with E-state index in [0.717, 1.165) is 22.5 Å². The van der Waals surface area contributed by atoms with E-state index in [9.17, 15) is 4.79 Å². The number of benzene rings is 1. The van der Waals surface area contributed by atoms with Gasteiger partial charge in [-0.15, -0.1) is 0 Å². The molecule has 1 aliphatic rings. The number of carbonyl (C=O) groups excluding carboxylic acids is 1. The van der Waals surface area contributed by atoms with Crippen LogP contribution in [0.25, 0.3) is 5.57 Å². The van der Waals surface area contributed by atoms with Crippen molar-refractivity contribution >= 4 is 11.4 Å². The van der Waals surface area contributed by atoms with Gasteiger partial charge in [0.15, 0.2) is 5.78 Å². The molecule has 0 radical (unpaired) electrons. The lowest BCUT2D eigenvalue weighted by atomic mass is 10.0. The molecule has 0 heterocycles. The lowest BCUT2D eigenvalue weighted by molar-refractivity contribution is -0.113. The Morgan fingerprint density at radius 2 is 2.00 bits per heavy atom. The fraction of sp³-hybridized carbons (Fsp3) is 0.214. The Balaban J connectivity index is 2.26. The van der Waals surface area contributed by atoms with E-state index in [0.29, 0.717) is 6.42 Å². The highest BCUT2D eigenvalue weighted by Gasteiger charge is 2.15. The van der Waals surface area contributed by atoms with E-state index >= 15 is 0 Å². The quantitative estimate of drug-likeness (QED) is 0.773. The second kappa shape index (κ2) is 4.35. The van der Waals surface area contributed by atoms with Gasteiger partial charge in [0.1, 0.15) is 5.75 Å². The Hall–Kier alpha value is -1.83. The highest BCUT2D eigenvalue weighted by atomic mass is 16.5. The van der Waals surface area contributed by atoms with Crippen molar-refractivity contribution in [2.45, 2.75) is 13.3 Å². The van der Waals surface area contributed by atoms with Gasteiger partial charge in [0, 0.05) is 12.0 Å². The van der Waals surface area contributed by atoms with Crippen molar-refractivity contribution in [2.24, 2.45) is 0 Å². The first-order valence-corrected chi connectivity index (χ1v) is 5.26. The fourth-order valence-electron chi connectivity index (χ4n) is 1.86. The van der Waals surface area contributed by atoms with Crippen LogP contribution in [0.2, 0.25) is 0 Å². The summed E-state index contributed by atoms with van der Waals surface area (Å²) >= 11 is 0. The maximum Gasteiger partial charge on any atom is 0.156 e. The highest BCUT2D eigenvalue weighted by molar-refractivity contribution is 5.98. The minimum absolute atomic E-state index is 0.140. The Labute approximate surface area is 95.2 Å². The molecule has 0 atom stereocenters. The minimum atomic E-state index is 0.140. The number of ketones is 1. The molecular formula is C14H14O2. The first-order valence-electron chi connectivity index (χ1n) is 5.26. The topological polar surface area (TPSA) is 26.3 Å². The van der Waals surface area contributed by atoms with E-state index in [1.54, 1.807) is 14.0 Å². The average molecular weight is 214 g/mol. The number of para-hydroxylation sites is 1. The summed E-state index contributed by atoms with van der Waals surface area (Å²) in [6.07, 6.45) is 4.59. The van der Waals surface area contributed by atoms with Gasteiger partial charge in [0.2, 0.25) is 0 Å². The van der Waals surface area contributed by atoms with Gasteiger partial charge in [-0.1, -0.05) is 30.4 Å². The van der Waals surface area contributed by atoms with Crippen molar-refractivity contribution in [3.8, 4) is 5.75 Å². The van der Waals surface area contributed by atoms with E-state index in [1.165, 1.54) is 0 Å². The third-order valence-corrected chi connectivity index (χ3v) is 2.77. The molecule has 0 saturated heterocycles. The number of methoxy groups -OCH3 is 1. The molecule has 0 fully saturated rings. The number of Topliss-reactive ketones (excluding diaryl/α,β-unsaturated/α-hetero) is 1. The van der Waals surface area contributed by atoms with Gasteiger partial charge in [-0.2, -0.15) is 0 Å². The van der Waals surface area contributed by atoms with Crippen LogP contribution in [-0.4, -0.2) is 12.9 Å². The molecule has 0 bridgehead atoms. The molecule has 2 rings (SSSR count). The average Bonchev–Trinajstić information content (AvgIpc) is 2.78. The SMILES string of the molecule is COc1ccccc1C1=CC=C(C(C)=O)C1. The van der Waals surface area contributed by atoms with Crippen LogP contribution >= 0.6 is 0 Å². The molecule has 82 valence electrons. The van der Waals surface area contributed by atoms with Crippen LogP contribution in [0.15, 0.2) is 42.0 Å². The zero-order valence-electron chi connectivity index (χ0n) is 9.49. The van der Waals surface area contributed by atoms with Crippen LogP contribution in [0.3, 0.4) is 0 Å². The molecular weight excluding hydrogens is 200 g/mol. The van der Waals surface area contributed by atoms with Gasteiger partial charge in [-0.3, -0.25) is 4.79 Å². The predicted molar refractivity (Wildman–Crippen MR) is 64.4 cm³/mol. The Morgan fingerprint density at radius 1 is 1.25 bits per heavy atom. The standard InChI is InChI=1S/C14H14O2/c1-10(15)11-7-8-12(9-11)13-5-3-4-6-14(13)16-2/h3-8H,9H2,1-2H3. The highest BCUT2D eigenvalue weighted by Crippen LogP contribution is 2.33. The molecule has 0 aromatic heterocycles. The minimum Gasteiger partial charge on any atom is -0.496 e. The zero-order valence-corrected chi connectivity index (χ0v) is 9.49. The van der Waals surface area contributed by atoms with Crippen LogP contribution in [0, 0.1) is 0 Å². The lowest BCUT2D eigenvalue weighted by Gasteiger charge is -2.09. The number of hydrogen-bond acceptors (Lipinski definition) is 2. The van der Waals surface area contributed by atoms with Crippen LogP contribution in [0.1, 0.15) is 18.9 Å². The first-order chi connectivity index (χ1) is 7.72. The van der Waals surface area contributed by atoms with Gasteiger partial charge in [-0.25, -0.2) is 0 Å². The van der Waals surface area contributed by atoms with E-state index in [1.807, 2.05) is 36.4 Å². The monoisotopic (exact) mass is 214 g/mol. The molecule has 0 spiro atoms. The number of hydrogen-bond donors (Lipinski definition) is 0. The van der Waals surface area contributed by atoms with Crippen LogP contribution in [-0.2, 0) is 4.79 Å². The summed E-state index contributed by atoms with van der Waals surface area (Å²) in [5.74, 6) is 0.994. The second-order valence-corrected chi connectivity index (χ2v) is 3.82. The van der Waals surface area contributed by atoms with Gasteiger partial charge >= 0.3 is 0 Å². The molecule has 0 N–H and O–H groups in total. The Bertz CT molecular complexity index is 481. The van der Waals surface area contributed by atoms with E-state index in [4.69, 9.17) is 4.74 Å². The van der Waals surface area contributed by atoms with Crippen molar-refractivity contribution in [3.63, 3.8) is 0 Å². The number of carbonyl (C=O) groups is 1. The van der Waals surface area contributed by atoms with Crippen molar-refractivity contribution in [2.75, 3.05) is 7.11 Å². The van der Waals surface area contributed by atoms with Crippen LogP contribution < -0.4 is 4.74 Å². The van der Waals surface area contributed by atoms with Crippen LogP contribution in [0.4, 0.5) is 0 Å². The summed E-state index contributed by atoms with van der Waals surface area (Å²) in [6, 6.07) is 7.87. The largest absolute Gasteiger partial charge is 0.496 e. The molecule has 0 amide bonds. The summed E-state index contributed by atoms with van der Waals surface area (Å²) in [5.41, 5.74) is 3.07. The number of ether oxygens (including phenoxy) is 1. The summed E-state index contributed by atoms with van der Waals surface area (Å²) in [7, 11) is 1.66. The normalized spacial score (nSPS) is 14.4. The Morgan fingerprint density at radius 3 is 2.62 bits per heavy atom. The molecule has 0 saturated carbocycles. The van der Waals surface area contributed by atoms with Gasteiger partial charge < -0.3 is 4.74 Å². The van der Waals surface area contributed by atoms with E-state index < -0.39 is 0 Å².